The smallest absolute Gasteiger partial charge is 0.261 e. The maximum absolute atomic E-state index is 13.6. The molecule has 1 N–H and O–H groups in total. The van der Waals surface area contributed by atoms with Gasteiger partial charge in [0, 0.05) is 12.1 Å². The molecule has 4 nitrogen and oxygen atoms in total. The van der Waals surface area contributed by atoms with E-state index in [-0.39, 0.29) is 24.2 Å². The van der Waals surface area contributed by atoms with Crippen LogP contribution in [-0.4, -0.2) is 12.0 Å². The van der Waals surface area contributed by atoms with Gasteiger partial charge in [-0.15, -0.1) is 0 Å². The van der Waals surface area contributed by atoms with E-state index in [1.807, 2.05) is 19.9 Å². The van der Waals surface area contributed by atoms with Crippen molar-refractivity contribution in [3.8, 4) is 11.8 Å². The van der Waals surface area contributed by atoms with Gasteiger partial charge in [-0.1, -0.05) is 44.2 Å². The Morgan fingerprint density at radius 2 is 1.88 bits per heavy atom. The Morgan fingerprint density at radius 3 is 2.54 bits per heavy atom. The molecule has 1 atom stereocenters. The molecular formula is C19H19FN2O2. The van der Waals surface area contributed by atoms with E-state index in [0.29, 0.717) is 16.9 Å². The fourth-order valence-electron chi connectivity index (χ4n) is 2.22. The van der Waals surface area contributed by atoms with E-state index in [4.69, 9.17) is 10.00 Å². The first-order valence-corrected chi connectivity index (χ1v) is 7.70. The summed E-state index contributed by atoms with van der Waals surface area (Å²) < 4.78 is 19.4. The van der Waals surface area contributed by atoms with E-state index in [9.17, 15) is 9.18 Å². The standard InChI is InChI=1S/C19H19FN2O2/c1-13(2)18(24-17-10-6-4-7-14(17)11-21)19(23)22-12-15-8-3-5-9-16(15)20/h3-10,13,18H,12H2,1-2H3,(H,22,23). The van der Waals surface area contributed by atoms with Gasteiger partial charge in [-0.3, -0.25) is 4.79 Å². The number of hydrogen-bond acceptors (Lipinski definition) is 3. The third-order valence-electron chi connectivity index (χ3n) is 3.54. The summed E-state index contributed by atoms with van der Waals surface area (Å²) >= 11 is 0. The van der Waals surface area contributed by atoms with Gasteiger partial charge in [-0.2, -0.15) is 5.26 Å². The first-order chi connectivity index (χ1) is 11.5. The number of amides is 1. The molecule has 0 fully saturated rings. The lowest BCUT2D eigenvalue weighted by atomic mass is 10.1. The molecule has 1 unspecified atom stereocenters. The molecule has 0 radical (unpaired) electrons. The highest BCUT2D eigenvalue weighted by molar-refractivity contribution is 5.81. The molecule has 2 rings (SSSR count). The number of nitrogens with one attached hydrogen (secondary N) is 1. The SMILES string of the molecule is CC(C)C(Oc1ccccc1C#N)C(=O)NCc1ccccc1F. The highest BCUT2D eigenvalue weighted by Gasteiger charge is 2.25. The molecule has 0 aliphatic rings. The van der Waals surface area contributed by atoms with Crippen LogP contribution >= 0.6 is 0 Å². The number of halogens is 1. The summed E-state index contributed by atoms with van der Waals surface area (Å²) in [6.07, 6.45) is -0.772. The highest BCUT2D eigenvalue weighted by atomic mass is 19.1. The molecule has 0 spiro atoms. The largest absolute Gasteiger partial charge is 0.479 e. The number of para-hydroxylation sites is 1. The van der Waals surface area contributed by atoms with Crippen molar-refractivity contribution in [2.75, 3.05) is 0 Å². The molecule has 5 heteroatoms. The van der Waals surface area contributed by atoms with Gasteiger partial charge in [0.15, 0.2) is 6.10 Å². The summed E-state index contributed by atoms with van der Waals surface area (Å²) in [4.78, 5) is 12.4. The summed E-state index contributed by atoms with van der Waals surface area (Å²) in [5, 5.41) is 11.8. The van der Waals surface area contributed by atoms with Crippen LogP contribution in [0.5, 0.6) is 5.75 Å². The number of nitriles is 1. The van der Waals surface area contributed by atoms with E-state index >= 15 is 0 Å². The zero-order valence-electron chi connectivity index (χ0n) is 13.6. The summed E-state index contributed by atoms with van der Waals surface area (Å²) in [7, 11) is 0. The zero-order valence-corrected chi connectivity index (χ0v) is 13.6. The van der Waals surface area contributed by atoms with Crippen molar-refractivity contribution in [2.45, 2.75) is 26.5 Å². The predicted molar refractivity (Wildman–Crippen MR) is 88.7 cm³/mol. The number of ether oxygens (including phenoxy) is 1. The lowest BCUT2D eigenvalue weighted by Crippen LogP contribution is -2.41. The second-order valence-electron chi connectivity index (χ2n) is 5.70. The molecular weight excluding hydrogens is 307 g/mol. The minimum absolute atomic E-state index is 0.0813. The number of nitrogens with zero attached hydrogens (tertiary/aromatic N) is 1. The molecule has 0 bridgehead atoms. The van der Waals surface area contributed by atoms with E-state index in [2.05, 4.69) is 5.32 Å². The quantitative estimate of drug-likeness (QED) is 0.885. The number of rotatable bonds is 6. The van der Waals surface area contributed by atoms with E-state index in [1.165, 1.54) is 6.07 Å². The van der Waals surface area contributed by atoms with Gasteiger partial charge in [-0.25, -0.2) is 4.39 Å². The normalized spacial score (nSPS) is 11.6. The van der Waals surface area contributed by atoms with Crippen LogP contribution in [0.2, 0.25) is 0 Å². The lowest BCUT2D eigenvalue weighted by Gasteiger charge is -2.22. The van der Waals surface area contributed by atoms with Gasteiger partial charge in [0.05, 0.1) is 5.56 Å². The van der Waals surface area contributed by atoms with Gasteiger partial charge in [0.2, 0.25) is 0 Å². The minimum Gasteiger partial charge on any atom is -0.479 e. The van der Waals surface area contributed by atoms with Crippen molar-refractivity contribution in [1.29, 1.82) is 5.26 Å². The van der Waals surface area contributed by atoms with Crippen molar-refractivity contribution in [3.05, 3.63) is 65.5 Å². The van der Waals surface area contributed by atoms with E-state index < -0.39 is 6.10 Å². The van der Waals surface area contributed by atoms with Crippen molar-refractivity contribution in [3.63, 3.8) is 0 Å². The molecule has 24 heavy (non-hydrogen) atoms. The third kappa shape index (κ3) is 4.32. The number of hydrogen-bond donors (Lipinski definition) is 1. The topological polar surface area (TPSA) is 62.1 Å². The van der Waals surface area contributed by atoms with Crippen molar-refractivity contribution in [1.82, 2.24) is 5.32 Å². The number of benzene rings is 2. The zero-order chi connectivity index (χ0) is 17.5. The Bertz CT molecular complexity index is 753. The summed E-state index contributed by atoms with van der Waals surface area (Å²) in [6.45, 7) is 3.78. The Hall–Kier alpha value is -2.87. The molecule has 0 heterocycles. The monoisotopic (exact) mass is 326 g/mol. The maximum atomic E-state index is 13.6. The van der Waals surface area contributed by atoms with Gasteiger partial charge >= 0.3 is 0 Å². The molecule has 2 aromatic rings. The Labute approximate surface area is 140 Å². The van der Waals surface area contributed by atoms with Crippen LogP contribution in [0.25, 0.3) is 0 Å². The molecule has 2 aromatic carbocycles. The van der Waals surface area contributed by atoms with Gasteiger partial charge in [0.1, 0.15) is 17.6 Å². The minimum atomic E-state index is -0.772. The highest BCUT2D eigenvalue weighted by Crippen LogP contribution is 2.21. The average Bonchev–Trinajstić information content (AvgIpc) is 2.58. The summed E-state index contributed by atoms with van der Waals surface area (Å²) in [5.74, 6) is -0.465. The van der Waals surface area contributed by atoms with Crippen LogP contribution in [0.4, 0.5) is 4.39 Å². The number of carbonyl (C=O) groups excluding carboxylic acids is 1. The molecule has 0 aliphatic heterocycles. The van der Waals surface area contributed by atoms with Crippen LogP contribution < -0.4 is 10.1 Å². The molecule has 124 valence electrons. The van der Waals surface area contributed by atoms with Crippen LogP contribution in [-0.2, 0) is 11.3 Å². The Balaban J connectivity index is 2.08. The van der Waals surface area contributed by atoms with Crippen LogP contribution in [0, 0.1) is 23.1 Å². The van der Waals surface area contributed by atoms with Crippen molar-refractivity contribution >= 4 is 5.91 Å². The van der Waals surface area contributed by atoms with Crippen LogP contribution in [0.15, 0.2) is 48.5 Å². The molecule has 1 amide bonds. The number of carbonyl (C=O) groups is 1. The first-order valence-electron chi connectivity index (χ1n) is 7.70. The first kappa shape index (κ1) is 17.5. The summed E-state index contributed by atoms with van der Waals surface area (Å²) in [6, 6.07) is 15.1. The second-order valence-corrected chi connectivity index (χ2v) is 5.70. The van der Waals surface area contributed by atoms with Gasteiger partial charge in [-0.05, 0) is 24.1 Å². The Morgan fingerprint density at radius 1 is 1.21 bits per heavy atom. The molecule has 0 saturated carbocycles. The van der Waals surface area contributed by atoms with Crippen LogP contribution in [0.3, 0.4) is 0 Å². The van der Waals surface area contributed by atoms with Gasteiger partial charge in [0.25, 0.3) is 5.91 Å². The fourth-order valence-corrected chi connectivity index (χ4v) is 2.22. The van der Waals surface area contributed by atoms with Crippen molar-refractivity contribution < 1.29 is 13.9 Å². The van der Waals surface area contributed by atoms with E-state index in [1.54, 1.807) is 42.5 Å². The molecule has 0 aliphatic carbocycles. The molecule has 0 saturated heterocycles. The lowest BCUT2D eigenvalue weighted by molar-refractivity contribution is -0.130. The van der Waals surface area contributed by atoms with Crippen molar-refractivity contribution in [2.24, 2.45) is 5.92 Å². The fraction of sp³-hybridized carbons (Fsp3) is 0.263. The van der Waals surface area contributed by atoms with Crippen LogP contribution in [0.1, 0.15) is 25.0 Å². The summed E-state index contributed by atoms with van der Waals surface area (Å²) in [5.41, 5.74) is 0.774. The maximum Gasteiger partial charge on any atom is 0.261 e. The Kier molecular flexibility index (Phi) is 5.91. The third-order valence-corrected chi connectivity index (χ3v) is 3.54. The average molecular weight is 326 g/mol. The molecule has 0 aromatic heterocycles. The van der Waals surface area contributed by atoms with Gasteiger partial charge < -0.3 is 10.1 Å². The second kappa shape index (κ2) is 8.11. The van der Waals surface area contributed by atoms with E-state index in [0.717, 1.165) is 0 Å². The predicted octanol–water partition coefficient (Wildman–Crippen LogP) is 3.42.